The molecule has 0 spiro atoms. The third kappa shape index (κ3) is 3.81. The molecule has 20 heavy (non-hydrogen) atoms. The number of pyridine rings is 1. The van der Waals surface area contributed by atoms with Crippen LogP contribution in [-0.4, -0.2) is 16.6 Å². The molecule has 1 aromatic heterocycles. The van der Waals surface area contributed by atoms with E-state index in [2.05, 4.69) is 43.2 Å². The first-order chi connectivity index (χ1) is 9.47. The summed E-state index contributed by atoms with van der Waals surface area (Å²) < 4.78 is 0. The molecule has 0 saturated carbocycles. The van der Waals surface area contributed by atoms with Crippen LogP contribution in [0.25, 0.3) is 0 Å². The summed E-state index contributed by atoms with van der Waals surface area (Å²) in [6.07, 6.45) is 1.09. The van der Waals surface area contributed by atoms with Crippen LogP contribution in [0.5, 0.6) is 0 Å². The Balaban J connectivity index is 1.94. The van der Waals surface area contributed by atoms with Crippen LogP contribution >= 0.6 is 0 Å². The van der Waals surface area contributed by atoms with Crippen molar-refractivity contribution in [3.05, 3.63) is 59.9 Å². The number of hydrogen-bond donors (Lipinski definition) is 2. The lowest BCUT2D eigenvalue weighted by atomic mass is 9.87. The molecule has 0 fully saturated rings. The second-order valence-corrected chi connectivity index (χ2v) is 5.98. The van der Waals surface area contributed by atoms with Gasteiger partial charge in [0, 0.05) is 18.4 Å². The van der Waals surface area contributed by atoms with Crippen molar-refractivity contribution >= 4 is 5.69 Å². The molecule has 0 aliphatic heterocycles. The van der Waals surface area contributed by atoms with E-state index in [1.165, 1.54) is 5.56 Å². The molecule has 2 rings (SSSR count). The van der Waals surface area contributed by atoms with E-state index in [9.17, 15) is 5.11 Å². The fourth-order valence-electron chi connectivity index (χ4n) is 1.98. The Morgan fingerprint density at radius 1 is 1.10 bits per heavy atom. The minimum atomic E-state index is -0.599. The Kier molecular flexibility index (Phi) is 4.40. The summed E-state index contributed by atoms with van der Waals surface area (Å²) in [6.45, 7) is 7.03. The highest BCUT2D eigenvalue weighted by atomic mass is 16.3. The maximum absolute atomic E-state index is 10.0. The molecule has 1 unspecified atom stereocenters. The van der Waals surface area contributed by atoms with Gasteiger partial charge in [0.05, 0.1) is 5.69 Å². The molecule has 0 amide bonds. The molecule has 1 heterocycles. The summed E-state index contributed by atoms with van der Waals surface area (Å²) >= 11 is 0. The molecule has 0 aliphatic carbocycles. The quantitative estimate of drug-likeness (QED) is 0.893. The van der Waals surface area contributed by atoms with E-state index in [0.717, 1.165) is 5.69 Å². The Bertz CT molecular complexity index is 529. The highest BCUT2D eigenvalue weighted by Crippen LogP contribution is 2.23. The van der Waals surface area contributed by atoms with E-state index in [1.807, 2.05) is 30.3 Å². The monoisotopic (exact) mass is 270 g/mol. The van der Waals surface area contributed by atoms with Crippen molar-refractivity contribution in [1.82, 2.24) is 4.98 Å². The van der Waals surface area contributed by atoms with Gasteiger partial charge in [-0.15, -0.1) is 0 Å². The highest BCUT2D eigenvalue weighted by Gasteiger charge is 2.13. The predicted octanol–water partition coefficient (Wildman–Crippen LogP) is 3.52. The molecule has 3 nitrogen and oxygen atoms in total. The van der Waals surface area contributed by atoms with Crippen molar-refractivity contribution in [2.45, 2.75) is 32.3 Å². The zero-order valence-electron chi connectivity index (χ0n) is 12.3. The van der Waals surface area contributed by atoms with Crippen LogP contribution in [0.3, 0.4) is 0 Å². The maximum atomic E-state index is 10.0. The number of aliphatic hydroxyl groups excluding tert-OH is 1. The van der Waals surface area contributed by atoms with Crippen LogP contribution in [0.2, 0.25) is 0 Å². The third-order valence-corrected chi connectivity index (χ3v) is 3.28. The number of aliphatic hydroxyl groups is 1. The van der Waals surface area contributed by atoms with Gasteiger partial charge in [-0.3, -0.25) is 4.98 Å². The van der Waals surface area contributed by atoms with Crippen molar-refractivity contribution in [3.63, 3.8) is 0 Å². The number of rotatable bonds is 4. The van der Waals surface area contributed by atoms with Crippen molar-refractivity contribution < 1.29 is 5.11 Å². The van der Waals surface area contributed by atoms with Crippen LogP contribution in [0, 0.1) is 0 Å². The molecular formula is C17H22N2O. The van der Waals surface area contributed by atoms with Crippen LogP contribution in [0.4, 0.5) is 5.69 Å². The fourth-order valence-corrected chi connectivity index (χ4v) is 1.98. The maximum Gasteiger partial charge on any atom is 0.113 e. The lowest BCUT2D eigenvalue weighted by Crippen LogP contribution is -2.14. The molecule has 0 radical (unpaired) electrons. The van der Waals surface area contributed by atoms with Gasteiger partial charge in [-0.2, -0.15) is 0 Å². The number of nitrogens with zero attached hydrogens (tertiary/aromatic N) is 1. The average molecular weight is 270 g/mol. The highest BCUT2D eigenvalue weighted by molar-refractivity contribution is 5.46. The zero-order valence-corrected chi connectivity index (χ0v) is 12.3. The number of hydrogen-bond acceptors (Lipinski definition) is 3. The average Bonchev–Trinajstić information content (AvgIpc) is 2.45. The van der Waals surface area contributed by atoms with E-state index >= 15 is 0 Å². The van der Waals surface area contributed by atoms with E-state index in [1.54, 1.807) is 6.20 Å². The van der Waals surface area contributed by atoms with Gasteiger partial charge in [-0.05, 0) is 35.2 Å². The number of benzene rings is 1. The number of aromatic nitrogens is 1. The normalized spacial score (nSPS) is 13.0. The molecule has 1 aromatic carbocycles. The van der Waals surface area contributed by atoms with Gasteiger partial charge in [0.2, 0.25) is 0 Å². The van der Waals surface area contributed by atoms with Crippen molar-refractivity contribution in [2.75, 3.05) is 11.9 Å². The molecule has 0 aliphatic rings. The lowest BCUT2D eigenvalue weighted by molar-refractivity contribution is 0.187. The van der Waals surface area contributed by atoms with Gasteiger partial charge < -0.3 is 10.4 Å². The lowest BCUT2D eigenvalue weighted by Gasteiger charge is -2.19. The van der Waals surface area contributed by atoms with Gasteiger partial charge in [-0.25, -0.2) is 0 Å². The van der Waals surface area contributed by atoms with Crippen LogP contribution in [0.15, 0.2) is 48.7 Å². The van der Waals surface area contributed by atoms with Crippen molar-refractivity contribution in [1.29, 1.82) is 0 Å². The van der Waals surface area contributed by atoms with Crippen LogP contribution in [0.1, 0.15) is 38.1 Å². The number of nitrogens with one attached hydrogen (secondary N) is 1. The van der Waals surface area contributed by atoms with Gasteiger partial charge in [0.1, 0.15) is 6.10 Å². The SMILES string of the molecule is CC(C)(C)c1ccc(NCC(O)c2ccccn2)cc1. The Labute approximate surface area is 120 Å². The summed E-state index contributed by atoms with van der Waals surface area (Å²) in [6, 6.07) is 13.9. The Hall–Kier alpha value is -1.87. The molecule has 3 heteroatoms. The summed E-state index contributed by atoms with van der Waals surface area (Å²) in [5, 5.41) is 13.3. The predicted molar refractivity (Wildman–Crippen MR) is 82.8 cm³/mol. The molecule has 2 aromatic rings. The van der Waals surface area contributed by atoms with E-state index < -0.39 is 6.10 Å². The minimum absolute atomic E-state index is 0.159. The number of anilines is 1. The molecular weight excluding hydrogens is 248 g/mol. The van der Waals surface area contributed by atoms with E-state index in [4.69, 9.17) is 0 Å². The minimum Gasteiger partial charge on any atom is -0.385 e. The summed E-state index contributed by atoms with van der Waals surface area (Å²) in [5.74, 6) is 0. The zero-order chi connectivity index (χ0) is 14.6. The standard InChI is InChI=1S/C17H22N2O/c1-17(2,3)13-7-9-14(10-8-13)19-12-16(20)15-6-4-5-11-18-15/h4-11,16,19-20H,12H2,1-3H3. The van der Waals surface area contributed by atoms with Gasteiger partial charge >= 0.3 is 0 Å². The van der Waals surface area contributed by atoms with E-state index in [-0.39, 0.29) is 5.41 Å². The van der Waals surface area contributed by atoms with Gasteiger partial charge in [0.25, 0.3) is 0 Å². The molecule has 0 saturated heterocycles. The molecule has 0 bridgehead atoms. The summed E-state index contributed by atoms with van der Waals surface area (Å²) in [5.41, 5.74) is 3.15. The van der Waals surface area contributed by atoms with Crippen molar-refractivity contribution in [3.8, 4) is 0 Å². The van der Waals surface area contributed by atoms with Crippen LogP contribution in [-0.2, 0) is 5.41 Å². The van der Waals surface area contributed by atoms with Gasteiger partial charge in [-0.1, -0.05) is 39.0 Å². The summed E-state index contributed by atoms with van der Waals surface area (Å²) in [7, 11) is 0. The smallest absolute Gasteiger partial charge is 0.113 e. The first kappa shape index (κ1) is 14.5. The summed E-state index contributed by atoms with van der Waals surface area (Å²) in [4.78, 5) is 4.15. The van der Waals surface area contributed by atoms with Crippen molar-refractivity contribution in [2.24, 2.45) is 0 Å². The third-order valence-electron chi connectivity index (χ3n) is 3.28. The molecule has 1 atom stereocenters. The van der Waals surface area contributed by atoms with E-state index in [0.29, 0.717) is 12.2 Å². The fraction of sp³-hybridized carbons (Fsp3) is 0.353. The largest absolute Gasteiger partial charge is 0.385 e. The Morgan fingerprint density at radius 2 is 1.80 bits per heavy atom. The molecule has 106 valence electrons. The topological polar surface area (TPSA) is 45.1 Å². The van der Waals surface area contributed by atoms with Gasteiger partial charge in [0.15, 0.2) is 0 Å². The Morgan fingerprint density at radius 3 is 2.35 bits per heavy atom. The second kappa shape index (κ2) is 6.06. The first-order valence-corrected chi connectivity index (χ1v) is 6.90. The van der Waals surface area contributed by atoms with Crippen LogP contribution < -0.4 is 5.32 Å². The second-order valence-electron chi connectivity index (χ2n) is 5.98. The molecule has 2 N–H and O–H groups in total. The first-order valence-electron chi connectivity index (χ1n) is 6.90.